The molecule has 33 nitrogen and oxygen atoms in total. The number of aromatic hydroxyl groups is 3. The van der Waals surface area contributed by atoms with Gasteiger partial charge in [-0.1, -0.05) is 43.6 Å². The molecule has 6 aliphatic heterocycles. The van der Waals surface area contributed by atoms with Gasteiger partial charge in [-0.2, -0.15) is 0 Å². The van der Waals surface area contributed by atoms with Crippen molar-refractivity contribution in [1.29, 1.82) is 0 Å². The van der Waals surface area contributed by atoms with Crippen LogP contribution in [0.3, 0.4) is 0 Å². The summed E-state index contributed by atoms with van der Waals surface area (Å²) in [7, 11) is -2.05. The summed E-state index contributed by atoms with van der Waals surface area (Å²) < 4.78 is 60.8. The Bertz CT molecular complexity index is 4790. The van der Waals surface area contributed by atoms with Crippen molar-refractivity contribution in [3.63, 3.8) is 0 Å². The van der Waals surface area contributed by atoms with Gasteiger partial charge in [-0.25, -0.2) is 13.1 Å². The largest absolute Gasteiger partial charge is 0.508 e. The first kappa shape index (κ1) is 79.7. The van der Waals surface area contributed by atoms with Crippen molar-refractivity contribution in [2.75, 3.05) is 20.7 Å². The molecule has 112 heavy (non-hydrogen) atoms. The summed E-state index contributed by atoms with van der Waals surface area (Å²) in [5.74, 6) is -13.1. The van der Waals surface area contributed by atoms with Crippen LogP contribution in [0.25, 0.3) is 11.1 Å². The third-order valence-electron chi connectivity index (χ3n) is 21.8. The molecule has 0 radical (unpaired) electrons. The van der Waals surface area contributed by atoms with Crippen molar-refractivity contribution >= 4 is 68.9 Å². The molecule has 10 aliphatic rings. The number of methoxy groups -OCH3 is 1. The van der Waals surface area contributed by atoms with E-state index in [1.807, 2.05) is 18.6 Å². The molecule has 0 unspecified atom stereocenters. The highest BCUT2D eigenvalue weighted by atomic mass is 35.5. The molecule has 8 amide bonds. The van der Waals surface area contributed by atoms with Gasteiger partial charge in [-0.15, -0.1) is 0 Å². The van der Waals surface area contributed by atoms with Gasteiger partial charge in [0.15, 0.2) is 11.5 Å². The van der Waals surface area contributed by atoms with Gasteiger partial charge in [0.1, 0.15) is 107 Å². The minimum Gasteiger partial charge on any atom is -0.508 e. The van der Waals surface area contributed by atoms with E-state index in [4.69, 9.17) is 41.0 Å². The number of carbonyl (C=O) groups excluding carboxylic acids is 8. The second kappa shape index (κ2) is 32.4. The molecule has 1 saturated heterocycles. The highest BCUT2D eigenvalue weighted by molar-refractivity contribution is 7.90. The van der Waals surface area contributed by atoms with Gasteiger partial charge in [0, 0.05) is 29.8 Å². The number of nitrogens with one attached hydrogen (secondary N) is 9. The molecule has 16 rings (SSSR count). The number of sulfonamides is 1. The molecular weight excluding hydrogens is 1500 g/mol. The Labute approximate surface area is 646 Å². The fourth-order valence-corrected chi connectivity index (χ4v) is 17.6. The molecule has 15 bridgehead atoms. The lowest BCUT2D eigenvalue weighted by Crippen LogP contribution is -2.60. The van der Waals surface area contributed by atoms with Gasteiger partial charge in [-0.3, -0.25) is 38.4 Å². The summed E-state index contributed by atoms with van der Waals surface area (Å²) in [6, 6.07) is 5.09. The standard InChI is InChI=1S/C77H87ClN10O23S/c1-31(2)16-47(80-4)70(98)86-62-64(93)36-7-14-51(32(3)17-36)108-53-25-40-26-54(69(53)111-77-68(97)67(96)66(95)55(30-79)110-77)109-52-15-8-37(24-46(52)78)65(94)63-76(104)85-61(74(102)82-58-38-19-33-18-34(21-38)22-39(58)20-33)45-27-41(89)28-50(91)57(45)44-23-35(6-13-49(44)90)59(72(100)87-63)84-73(101)60(40)83-71(99)48(81-75(62)103)29-56(92)88-112(105,106)43-11-9-42(107-5)10-12-43/h6-15,17,23-28,31,33-34,38-39,47-48,55,58-68,77,80,89-91,93-97H,16,18-22,29-30,79H2,1-5H3,(H,81,103)(H,82,102)(H,83,99)(H,84,101)(H,85,104)(H,86,98)(H,87,100)(H,88,92)/t33?,34?,38?,39?,47-,48+,55-,58?,59-,60-,61+,62-,63+,64-,65-,66-,67+,68-,77+/m1/s1. The third-order valence-corrected chi connectivity index (χ3v) is 23.5. The van der Waals surface area contributed by atoms with Crippen molar-refractivity contribution in [3.05, 3.63) is 142 Å². The Morgan fingerprint density at radius 3 is 1.91 bits per heavy atom. The topological polar surface area (TPSA) is 513 Å². The summed E-state index contributed by atoms with van der Waals surface area (Å²) >= 11 is 7.16. The number of aliphatic hydroxyl groups is 5. The lowest BCUT2D eigenvalue weighted by Gasteiger charge is -2.54. The number of hydrogen-bond acceptors (Lipinski definition) is 25. The average molecular weight is 1590 g/mol. The number of benzene rings is 6. The molecule has 0 spiro atoms. The monoisotopic (exact) mass is 1590 g/mol. The molecule has 596 valence electrons. The highest BCUT2D eigenvalue weighted by Gasteiger charge is 2.51. The first-order valence-corrected chi connectivity index (χ1v) is 38.4. The average Bonchev–Trinajstić information content (AvgIpc) is 0.757. The van der Waals surface area contributed by atoms with E-state index in [1.165, 1.54) is 63.5 Å². The Hall–Kier alpha value is -10.4. The lowest BCUT2D eigenvalue weighted by molar-refractivity contribution is -0.270. The third kappa shape index (κ3) is 16.3. The van der Waals surface area contributed by atoms with Crippen LogP contribution in [-0.4, -0.2) is 178 Å². The highest BCUT2D eigenvalue weighted by Crippen LogP contribution is 2.55. The first-order valence-electron chi connectivity index (χ1n) is 36.5. The van der Waals surface area contributed by atoms with Gasteiger partial charge in [0.05, 0.1) is 29.5 Å². The van der Waals surface area contributed by atoms with Gasteiger partial charge < -0.3 is 113 Å². The molecule has 4 saturated carbocycles. The summed E-state index contributed by atoms with van der Waals surface area (Å²) in [5.41, 5.74) is 4.07. The number of amides is 8. The first-order chi connectivity index (χ1) is 53.3. The summed E-state index contributed by atoms with van der Waals surface area (Å²) in [5, 5.41) is 115. The second-order valence-corrected chi connectivity index (χ2v) is 32.0. The number of hydrogen-bond donors (Lipinski definition) is 18. The van der Waals surface area contributed by atoms with Gasteiger partial charge in [0.25, 0.3) is 10.0 Å². The summed E-state index contributed by atoms with van der Waals surface area (Å²) in [6.07, 6.45) is -10.3. The minimum absolute atomic E-state index is 0.0674. The number of halogens is 1. The van der Waals surface area contributed by atoms with Gasteiger partial charge in [-0.05, 0) is 194 Å². The Morgan fingerprint density at radius 2 is 1.28 bits per heavy atom. The number of phenolic OH excluding ortho intramolecular Hbond substituents is 3. The SMILES string of the molecule is CN[C@H](CC(C)C)C(=O)N[C@H]1C(=O)N[C@@H](CC(=O)NS(=O)(=O)c2ccc(OC)cc2)C(=O)N[C@H]2C(=O)N[C@H]3C(=O)N[C@H](C(=O)N[C@H](C(=O)NC4C5CC6CC(C5)CC4C6)c4cc(O)cc(O)c4-c4cc3ccc4O)[C@H](O)c3ccc(c(Cl)c3)Oc3cc2cc(c3O[C@@H]2O[C@H](CN)[C@@H](O)[C@H](O)[C@H]2O)Oc2ccc(cc2C)[C@H]1O. The Morgan fingerprint density at radius 1 is 0.652 bits per heavy atom. The minimum atomic E-state index is -4.85. The molecule has 4 aliphatic carbocycles. The van der Waals surface area contributed by atoms with Gasteiger partial charge in [0.2, 0.25) is 59.3 Å². The number of likely N-dealkylation sites (N-methyl/N-ethyl adjacent to an activating group) is 1. The number of rotatable bonds is 15. The van der Waals surface area contributed by atoms with E-state index in [9.17, 15) is 58.9 Å². The van der Waals surface area contributed by atoms with Crippen molar-refractivity contribution in [2.45, 2.75) is 162 Å². The second-order valence-electron chi connectivity index (χ2n) is 29.9. The zero-order chi connectivity index (χ0) is 80.2. The van der Waals surface area contributed by atoms with E-state index in [0.29, 0.717) is 11.8 Å². The fourth-order valence-electron chi connectivity index (χ4n) is 16.4. The van der Waals surface area contributed by atoms with Crippen LogP contribution < -0.4 is 71.9 Å². The molecule has 19 N–H and O–H groups in total. The summed E-state index contributed by atoms with van der Waals surface area (Å²) in [6.45, 7) is 4.67. The maximum absolute atomic E-state index is 16.4. The number of ether oxygens (including phenoxy) is 5. The van der Waals surface area contributed by atoms with E-state index < -0.39 is 200 Å². The smallest absolute Gasteiger partial charge is 0.264 e. The molecule has 14 atom stereocenters. The van der Waals surface area contributed by atoms with Crippen LogP contribution in [-0.2, 0) is 53.1 Å². The Kier molecular flexibility index (Phi) is 23.0. The van der Waals surface area contributed by atoms with Crippen LogP contribution in [0.15, 0.2) is 108 Å². The van der Waals surface area contributed by atoms with Crippen molar-refractivity contribution < 1.29 is 111 Å². The molecule has 6 heterocycles. The van der Waals surface area contributed by atoms with Crippen molar-refractivity contribution in [2.24, 2.45) is 35.3 Å². The lowest BCUT2D eigenvalue weighted by atomic mass is 9.54. The number of phenols is 3. The maximum Gasteiger partial charge on any atom is 0.264 e. The number of carbonyl (C=O) groups is 8. The predicted molar refractivity (Wildman–Crippen MR) is 395 cm³/mol. The summed E-state index contributed by atoms with van der Waals surface area (Å²) in [4.78, 5) is 123. The van der Waals surface area contributed by atoms with E-state index in [-0.39, 0.29) is 91.4 Å². The number of nitrogens with two attached hydrogens (primary N) is 1. The van der Waals surface area contributed by atoms with Crippen LogP contribution in [0.2, 0.25) is 5.02 Å². The molecule has 35 heteroatoms. The van der Waals surface area contributed by atoms with Crippen LogP contribution >= 0.6 is 11.6 Å². The van der Waals surface area contributed by atoms with Crippen molar-refractivity contribution in [1.82, 2.24) is 47.3 Å². The number of fused-ring (bicyclic) bond motifs is 15. The number of aliphatic hydroxyl groups excluding tert-OH is 5. The van der Waals surface area contributed by atoms with Crippen LogP contribution in [0.5, 0.6) is 51.7 Å². The predicted octanol–water partition coefficient (Wildman–Crippen LogP) is 2.37. The van der Waals surface area contributed by atoms with Crippen LogP contribution in [0, 0.1) is 36.5 Å². The van der Waals surface area contributed by atoms with Gasteiger partial charge >= 0.3 is 0 Å². The maximum atomic E-state index is 16.4. The molecular formula is C77H87ClN10O23S. The van der Waals surface area contributed by atoms with Crippen molar-refractivity contribution in [3.8, 4) is 62.9 Å². The van der Waals surface area contributed by atoms with Crippen LogP contribution in [0.1, 0.15) is 123 Å². The van der Waals surface area contributed by atoms with E-state index >= 15 is 28.8 Å². The molecule has 6 aromatic rings. The quantitative estimate of drug-likeness (QED) is 0.0701. The molecule has 6 aromatic carbocycles. The van der Waals surface area contributed by atoms with E-state index in [2.05, 4.69) is 42.5 Å². The zero-order valence-corrected chi connectivity index (χ0v) is 62.7. The fraction of sp³-hybridized carbons (Fsp3) is 0.429. The number of aryl methyl sites for hydroxylation is 1. The molecule has 0 aromatic heterocycles. The van der Waals surface area contributed by atoms with E-state index in [1.54, 1.807) is 0 Å². The zero-order valence-electron chi connectivity index (χ0n) is 61.1. The normalized spacial score (nSPS) is 28.5. The van der Waals surface area contributed by atoms with Crippen LogP contribution in [0.4, 0.5) is 0 Å². The van der Waals surface area contributed by atoms with E-state index in [0.717, 1.165) is 92.8 Å². The molecule has 5 fully saturated rings. The Balaban J connectivity index is 1.01.